The third kappa shape index (κ3) is 4.41. The van der Waals surface area contributed by atoms with Crippen LogP contribution in [0.1, 0.15) is 17.9 Å². The topological polar surface area (TPSA) is 55.1 Å². The number of oxazole rings is 1. The van der Waals surface area contributed by atoms with Crippen LogP contribution in [0.5, 0.6) is 0 Å². The molecule has 0 aliphatic rings. The van der Waals surface area contributed by atoms with Crippen molar-refractivity contribution in [3.63, 3.8) is 0 Å². The number of anilines is 1. The van der Waals surface area contributed by atoms with Crippen LogP contribution >= 0.6 is 23.2 Å². The van der Waals surface area contributed by atoms with E-state index >= 15 is 0 Å². The third-order valence-corrected chi connectivity index (χ3v) is 4.45. The van der Waals surface area contributed by atoms with E-state index in [0.717, 1.165) is 11.1 Å². The molecule has 0 fully saturated rings. The van der Waals surface area contributed by atoms with Gasteiger partial charge in [-0.1, -0.05) is 29.3 Å². The monoisotopic (exact) mass is 374 g/mol. The Hall–Kier alpha value is -2.30. The molecule has 3 aromatic rings. The number of hydrogen-bond donors (Lipinski definition) is 1. The van der Waals surface area contributed by atoms with E-state index in [2.05, 4.69) is 10.3 Å². The SMILES string of the molecule is Cc1c(Cl)cccc1NC(=O)CCc1ncc(-c2ccc(Cl)cc2)o1. The molecule has 3 rings (SSSR count). The first-order valence-corrected chi connectivity index (χ1v) is 8.54. The largest absolute Gasteiger partial charge is 0.441 e. The van der Waals surface area contributed by atoms with Crippen molar-refractivity contribution in [1.82, 2.24) is 4.98 Å². The van der Waals surface area contributed by atoms with Gasteiger partial charge in [0.15, 0.2) is 11.7 Å². The summed E-state index contributed by atoms with van der Waals surface area (Å²) in [6.07, 6.45) is 2.34. The van der Waals surface area contributed by atoms with Crippen LogP contribution in [0.2, 0.25) is 10.0 Å². The molecular weight excluding hydrogens is 359 g/mol. The second-order valence-electron chi connectivity index (χ2n) is 5.59. The lowest BCUT2D eigenvalue weighted by Crippen LogP contribution is -2.13. The average Bonchev–Trinajstić information content (AvgIpc) is 3.07. The number of nitrogens with zero attached hydrogens (tertiary/aromatic N) is 1. The van der Waals surface area contributed by atoms with Gasteiger partial charge in [-0.15, -0.1) is 0 Å². The highest BCUT2D eigenvalue weighted by atomic mass is 35.5. The fourth-order valence-corrected chi connectivity index (χ4v) is 2.65. The zero-order chi connectivity index (χ0) is 17.8. The Bertz CT molecular complexity index is 889. The fraction of sp³-hybridized carbons (Fsp3) is 0.158. The Balaban J connectivity index is 1.59. The predicted molar refractivity (Wildman–Crippen MR) is 100 cm³/mol. The molecule has 128 valence electrons. The molecule has 0 saturated heterocycles. The van der Waals surface area contributed by atoms with E-state index in [-0.39, 0.29) is 12.3 Å². The zero-order valence-corrected chi connectivity index (χ0v) is 15.1. The average molecular weight is 375 g/mol. The number of nitrogens with one attached hydrogen (secondary N) is 1. The first-order chi connectivity index (χ1) is 12.0. The summed E-state index contributed by atoms with van der Waals surface area (Å²) in [4.78, 5) is 16.4. The van der Waals surface area contributed by atoms with Crippen LogP contribution in [0.4, 0.5) is 5.69 Å². The Morgan fingerprint density at radius 2 is 1.92 bits per heavy atom. The van der Waals surface area contributed by atoms with Crippen molar-refractivity contribution in [3.05, 3.63) is 70.2 Å². The summed E-state index contributed by atoms with van der Waals surface area (Å²) in [5.74, 6) is 1.05. The molecule has 0 aliphatic heterocycles. The minimum Gasteiger partial charge on any atom is -0.441 e. The van der Waals surface area contributed by atoms with Gasteiger partial charge in [0.05, 0.1) is 6.20 Å². The highest BCUT2D eigenvalue weighted by Gasteiger charge is 2.11. The van der Waals surface area contributed by atoms with Gasteiger partial charge in [-0.05, 0) is 48.9 Å². The fourth-order valence-electron chi connectivity index (χ4n) is 2.35. The molecule has 0 saturated carbocycles. The summed E-state index contributed by atoms with van der Waals surface area (Å²) in [5, 5.41) is 4.15. The minimum absolute atomic E-state index is 0.114. The molecule has 6 heteroatoms. The van der Waals surface area contributed by atoms with Crippen LogP contribution in [-0.2, 0) is 11.2 Å². The van der Waals surface area contributed by atoms with E-state index < -0.39 is 0 Å². The van der Waals surface area contributed by atoms with Crippen LogP contribution in [0.25, 0.3) is 11.3 Å². The lowest BCUT2D eigenvalue weighted by Gasteiger charge is -2.08. The molecule has 0 bridgehead atoms. The first-order valence-electron chi connectivity index (χ1n) is 7.78. The number of aromatic nitrogens is 1. The number of carbonyl (C=O) groups is 1. The standard InChI is InChI=1S/C19H16Cl2N2O2/c1-12-15(21)3-2-4-16(12)23-18(24)9-10-19-22-11-17(25-19)13-5-7-14(20)8-6-13/h2-8,11H,9-10H2,1H3,(H,23,24). The number of hydrogen-bond acceptors (Lipinski definition) is 3. The summed E-state index contributed by atoms with van der Waals surface area (Å²) in [7, 11) is 0. The van der Waals surface area contributed by atoms with Crippen LogP contribution < -0.4 is 5.32 Å². The third-order valence-electron chi connectivity index (χ3n) is 3.79. The smallest absolute Gasteiger partial charge is 0.224 e. The molecule has 0 spiro atoms. The molecular formula is C19H16Cl2N2O2. The van der Waals surface area contributed by atoms with Crippen LogP contribution in [0, 0.1) is 6.92 Å². The lowest BCUT2D eigenvalue weighted by molar-refractivity contribution is -0.116. The van der Waals surface area contributed by atoms with Crippen molar-refractivity contribution in [1.29, 1.82) is 0 Å². The lowest BCUT2D eigenvalue weighted by atomic mass is 10.2. The molecule has 1 aromatic heterocycles. The van der Waals surface area contributed by atoms with E-state index in [1.165, 1.54) is 0 Å². The van der Waals surface area contributed by atoms with Crippen molar-refractivity contribution in [2.24, 2.45) is 0 Å². The van der Waals surface area contributed by atoms with Gasteiger partial charge in [0.1, 0.15) is 0 Å². The number of rotatable bonds is 5. The first kappa shape index (κ1) is 17.5. The molecule has 25 heavy (non-hydrogen) atoms. The minimum atomic E-state index is -0.114. The van der Waals surface area contributed by atoms with E-state index in [9.17, 15) is 4.79 Å². The van der Waals surface area contributed by atoms with Crippen molar-refractivity contribution in [3.8, 4) is 11.3 Å². The maximum absolute atomic E-state index is 12.1. The van der Waals surface area contributed by atoms with Gasteiger partial charge in [-0.25, -0.2) is 4.98 Å². The summed E-state index contributed by atoms with van der Waals surface area (Å²) in [5.41, 5.74) is 2.45. The van der Waals surface area contributed by atoms with Gasteiger partial charge in [0, 0.05) is 34.1 Å². The van der Waals surface area contributed by atoms with E-state index in [1.807, 2.05) is 25.1 Å². The molecule has 0 aliphatic carbocycles. The summed E-state index contributed by atoms with van der Waals surface area (Å²) in [6, 6.07) is 12.7. The Morgan fingerprint density at radius 1 is 1.16 bits per heavy atom. The highest BCUT2D eigenvalue weighted by molar-refractivity contribution is 6.31. The maximum atomic E-state index is 12.1. The number of aryl methyl sites for hydroxylation is 1. The Kier molecular flexibility index (Phi) is 5.41. The summed E-state index contributed by atoms with van der Waals surface area (Å²) < 4.78 is 5.70. The van der Waals surface area contributed by atoms with Crippen molar-refractivity contribution in [2.75, 3.05) is 5.32 Å². The van der Waals surface area contributed by atoms with E-state index in [4.69, 9.17) is 27.6 Å². The van der Waals surface area contributed by atoms with Gasteiger partial charge >= 0.3 is 0 Å². The van der Waals surface area contributed by atoms with Crippen molar-refractivity contribution >= 4 is 34.8 Å². The number of amides is 1. The van der Waals surface area contributed by atoms with Crippen molar-refractivity contribution < 1.29 is 9.21 Å². The van der Waals surface area contributed by atoms with Crippen LogP contribution in [0.3, 0.4) is 0 Å². The van der Waals surface area contributed by atoms with E-state index in [0.29, 0.717) is 33.8 Å². The Morgan fingerprint density at radius 3 is 2.68 bits per heavy atom. The molecule has 0 atom stereocenters. The molecule has 0 radical (unpaired) electrons. The van der Waals surface area contributed by atoms with Gasteiger partial charge in [-0.2, -0.15) is 0 Å². The van der Waals surface area contributed by atoms with E-state index in [1.54, 1.807) is 30.5 Å². The van der Waals surface area contributed by atoms with Gasteiger partial charge < -0.3 is 9.73 Å². The van der Waals surface area contributed by atoms with Crippen LogP contribution in [-0.4, -0.2) is 10.9 Å². The number of benzene rings is 2. The number of carbonyl (C=O) groups excluding carboxylic acids is 1. The molecule has 1 N–H and O–H groups in total. The van der Waals surface area contributed by atoms with Gasteiger partial charge in [0.2, 0.25) is 5.91 Å². The predicted octanol–water partition coefficient (Wildman–Crippen LogP) is 5.53. The highest BCUT2D eigenvalue weighted by Crippen LogP contribution is 2.24. The van der Waals surface area contributed by atoms with Gasteiger partial charge in [0.25, 0.3) is 0 Å². The maximum Gasteiger partial charge on any atom is 0.224 e. The molecule has 2 aromatic carbocycles. The zero-order valence-electron chi connectivity index (χ0n) is 13.6. The second kappa shape index (κ2) is 7.72. The molecule has 0 unspecified atom stereocenters. The van der Waals surface area contributed by atoms with Crippen molar-refractivity contribution in [2.45, 2.75) is 19.8 Å². The normalized spacial score (nSPS) is 10.7. The molecule has 4 nitrogen and oxygen atoms in total. The quantitative estimate of drug-likeness (QED) is 0.638. The molecule has 1 amide bonds. The second-order valence-corrected chi connectivity index (χ2v) is 6.43. The van der Waals surface area contributed by atoms with Gasteiger partial charge in [-0.3, -0.25) is 4.79 Å². The molecule has 1 heterocycles. The summed E-state index contributed by atoms with van der Waals surface area (Å²) in [6.45, 7) is 1.87. The number of halogens is 2. The Labute approximate surface area is 155 Å². The summed E-state index contributed by atoms with van der Waals surface area (Å²) >= 11 is 11.9. The van der Waals surface area contributed by atoms with Crippen LogP contribution in [0.15, 0.2) is 53.1 Å².